The van der Waals surface area contributed by atoms with E-state index in [1.54, 1.807) is 13.0 Å². The third-order valence-corrected chi connectivity index (χ3v) is 3.58. The molecule has 0 atom stereocenters. The molecule has 96 valence electrons. The zero-order valence-corrected chi connectivity index (χ0v) is 11.4. The van der Waals surface area contributed by atoms with Crippen LogP contribution in [0.2, 0.25) is 0 Å². The molecule has 1 heterocycles. The summed E-state index contributed by atoms with van der Waals surface area (Å²) in [5, 5.41) is 0. The Morgan fingerprint density at radius 1 is 1.33 bits per heavy atom. The highest BCUT2D eigenvalue weighted by atomic mass is 16.2. The molecule has 0 saturated carbocycles. The highest BCUT2D eigenvalue weighted by molar-refractivity contribution is 5.99. The van der Waals surface area contributed by atoms with Crippen molar-refractivity contribution in [1.29, 1.82) is 0 Å². The van der Waals surface area contributed by atoms with Crippen LogP contribution in [0.4, 0.5) is 5.69 Å². The minimum atomic E-state index is -0.0916. The zero-order chi connectivity index (χ0) is 13.5. The SMILES string of the molecule is CCC(=O)N1CC(C)(C)c2cc(C(C)=O)ccc21. The number of carbonyl (C=O) groups is 2. The fourth-order valence-corrected chi connectivity index (χ4v) is 2.51. The molecule has 3 heteroatoms. The number of rotatable bonds is 2. The van der Waals surface area contributed by atoms with Crippen molar-refractivity contribution in [2.24, 2.45) is 0 Å². The van der Waals surface area contributed by atoms with E-state index in [2.05, 4.69) is 13.8 Å². The molecule has 0 N–H and O–H groups in total. The van der Waals surface area contributed by atoms with E-state index in [0.717, 1.165) is 11.3 Å². The Bertz CT molecular complexity index is 517. The Labute approximate surface area is 108 Å². The van der Waals surface area contributed by atoms with Crippen LogP contribution in [-0.4, -0.2) is 18.2 Å². The first-order valence-corrected chi connectivity index (χ1v) is 6.32. The summed E-state index contributed by atoms with van der Waals surface area (Å²) in [6.07, 6.45) is 0.504. The Hall–Kier alpha value is -1.64. The summed E-state index contributed by atoms with van der Waals surface area (Å²) < 4.78 is 0. The smallest absolute Gasteiger partial charge is 0.226 e. The van der Waals surface area contributed by atoms with E-state index in [-0.39, 0.29) is 17.1 Å². The number of carbonyl (C=O) groups excluding carboxylic acids is 2. The minimum Gasteiger partial charge on any atom is -0.311 e. The number of ketones is 1. The number of anilines is 1. The summed E-state index contributed by atoms with van der Waals surface area (Å²) in [6, 6.07) is 5.63. The van der Waals surface area contributed by atoms with E-state index in [1.807, 2.05) is 24.0 Å². The first-order chi connectivity index (χ1) is 8.36. The molecule has 3 nitrogen and oxygen atoms in total. The van der Waals surface area contributed by atoms with Crippen molar-refractivity contribution >= 4 is 17.4 Å². The molecule has 0 unspecified atom stereocenters. The Morgan fingerprint density at radius 2 is 2.00 bits per heavy atom. The monoisotopic (exact) mass is 245 g/mol. The van der Waals surface area contributed by atoms with Crippen LogP contribution >= 0.6 is 0 Å². The molecule has 1 aliphatic heterocycles. The molecule has 0 fully saturated rings. The molecule has 18 heavy (non-hydrogen) atoms. The van der Waals surface area contributed by atoms with Gasteiger partial charge in [0.05, 0.1) is 0 Å². The maximum absolute atomic E-state index is 11.9. The summed E-state index contributed by atoms with van der Waals surface area (Å²) in [7, 11) is 0. The maximum Gasteiger partial charge on any atom is 0.226 e. The standard InChI is InChI=1S/C15H19NO2/c1-5-14(18)16-9-15(3,4)12-8-11(10(2)17)6-7-13(12)16/h6-8H,5,9H2,1-4H3. The van der Waals surface area contributed by atoms with Gasteiger partial charge in [-0.25, -0.2) is 0 Å². The molecule has 0 aromatic heterocycles. The molecule has 1 aromatic carbocycles. The molecule has 0 saturated heterocycles. The molecule has 1 aliphatic rings. The van der Waals surface area contributed by atoms with Gasteiger partial charge in [-0.15, -0.1) is 0 Å². The van der Waals surface area contributed by atoms with Crippen molar-refractivity contribution in [2.45, 2.75) is 39.5 Å². The summed E-state index contributed by atoms with van der Waals surface area (Å²) in [5.74, 6) is 0.200. The fourth-order valence-electron chi connectivity index (χ4n) is 2.51. The zero-order valence-electron chi connectivity index (χ0n) is 11.4. The topological polar surface area (TPSA) is 37.4 Å². The number of nitrogens with zero attached hydrogens (tertiary/aromatic N) is 1. The third kappa shape index (κ3) is 1.94. The molecule has 1 amide bonds. The van der Waals surface area contributed by atoms with E-state index in [4.69, 9.17) is 0 Å². The molecule has 1 aromatic rings. The lowest BCUT2D eigenvalue weighted by Gasteiger charge is -2.20. The van der Waals surface area contributed by atoms with Crippen molar-refractivity contribution in [3.05, 3.63) is 29.3 Å². The average Bonchev–Trinajstić information content (AvgIpc) is 2.60. The molecular formula is C15H19NO2. The van der Waals surface area contributed by atoms with Crippen molar-refractivity contribution < 1.29 is 9.59 Å². The summed E-state index contributed by atoms with van der Waals surface area (Å²) in [4.78, 5) is 25.2. The lowest BCUT2D eigenvalue weighted by atomic mass is 9.86. The normalized spacial score (nSPS) is 16.6. The van der Waals surface area contributed by atoms with E-state index in [1.165, 1.54) is 0 Å². The highest BCUT2D eigenvalue weighted by Crippen LogP contribution is 2.41. The number of hydrogen-bond acceptors (Lipinski definition) is 2. The largest absolute Gasteiger partial charge is 0.311 e. The van der Waals surface area contributed by atoms with Gasteiger partial charge in [-0.1, -0.05) is 20.8 Å². The first-order valence-electron chi connectivity index (χ1n) is 6.32. The van der Waals surface area contributed by atoms with E-state index < -0.39 is 0 Å². The van der Waals surface area contributed by atoms with Crippen LogP contribution < -0.4 is 4.90 Å². The molecule has 2 rings (SSSR count). The van der Waals surface area contributed by atoms with Crippen LogP contribution in [0, 0.1) is 0 Å². The molecule has 0 radical (unpaired) electrons. The van der Waals surface area contributed by atoms with Gasteiger partial charge in [0.2, 0.25) is 5.91 Å². The average molecular weight is 245 g/mol. The van der Waals surface area contributed by atoms with Gasteiger partial charge in [-0.05, 0) is 30.7 Å². The van der Waals surface area contributed by atoms with Crippen molar-refractivity contribution in [2.75, 3.05) is 11.4 Å². The van der Waals surface area contributed by atoms with Gasteiger partial charge in [0.15, 0.2) is 5.78 Å². The quantitative estimate of drug-likeness (QED) is 0.751. The Morgan fingerprint density at radius 3 is 2.56 bits per heavy atom. The van der Waals surface area contributed by atoms with Crippen molar-refractivity contribution in [3.8, 4) is 0 Å². The van der Waals surface area contributed by atoms with Gasteiger partial charge in [0.1, 0.15) is 0 Å². The summed E-state index contributed by atoms with van der Waals surface area (Å²) in [5.41, 5.74) is 2.67. The molecular weight excluding hydrogens is 226 g/mol. The van der Waals surface area contributed by atoms with E-state index in [0.29, 0.717) is 18.5 Å². The van der Waals surface area contributed by atoms with Gasteiger partial charge >= 0.3 is 0 Å². The fraction of sp³-hybridized carbons (Fsp3) is 0.467. The van der Waals surface area contributed by atoms with Gasteiger partial charge in [0, 0.05) is 29.6 Å². The van der Waals surface area contributed by atoms with Crippen LogP contribution in [0.3, 0.4) is 0 Å². The van der Waals surface area contributed by atoms with Gasteiger partial charge in [0.25, 0.3) is 0 Å². The molecule has 0 aliphatic carbocycles. The Balaban J connectivity index is 2.53. The number of benzene rings is 1. The van der Waals surface area contributed by atoms with E-state index >= 15 is 0 Å². The lowest BCUT2D eigenvalue weighted by Crippen LogP contribution is -2.33. The lowest BCUT2D eigenvalue weighted by molar-refractivity contribution is -0.118. The molecule has 0 spiro atoms. The van der Waals surface area contributed by atoms with Crippen molar-refractivity contribution in [1.82, 2.24) is 0 Å². The molecule has 0 bridgehead atoms. The first kappa shape index (κ1) is 12.8. The number of amides is 1. The number of hydrogen-bond donors (Lipinski definition) is 0. The second kappa shape index (κ2) is 4.23. The van der Waals surface area contributed by atoms with Crippen LogP contribution in [0.15, 0.2) is 18.2 Å². The van der Waals surface area contributed by atoms with Crippen LogP contribution in [0.1, 0.15) is 50.0 Å². The number of fused-ring (bicyclic) bond motifs is 1. The van der Waals surface area contributed by atoms with Crippen molar-refractivity contribution in [3.63, 3.8) is 0 Å². The summed E-state index contributed by atoms with van der Waals surface area (Å²) in [6.45, 7) is 8.35. The van der Waals surface area contributed by atoms with Crippen LogP contribution in [0.5, 0.6) is 0 Å². The number of Topliss-reactive ketones (excluding diaryl/α,β-unsaturated/α-hetero) is 1. The second-order valence-electron chi connectivity index (χ2n) is 5.51. The third-order valence-electron chi connectivity index (χ3n) is 3.58. The van der Waals surface area contributed by atoms with Gasteiger partial charge in [-0.2, -0.15) is 0 Å². The maximum atomic E-state index is 11.9. The van der Waals surface area contributed by atoms with Crippen LogP contribution in [0.25, 0.3) is 0 Å². The highest BCUT2D eigenvalue weighted by Gasteiger charge is 2.37. The van der Waals surface area contributed by atoms with Gasteiger partial charge in [-0.3, -0.25) is 9.59 Å². The van der Waals surface area contributed by atoms with Gasteiger partial charge < -0.3 is 4.90 Å². The summed E-state index contributed by atoms with van der Waals surface area (Å²) >= 11 is 0. The van der Waals surface area contributed by atoms with Crippen LogP contribution in [-0.2, 0) is 10.2 Å². The predicted molar refractivity (Wildman–Crippen MR) is 72.1 cm³/mol. The Kier molecular flexibility index (Phi) is 3.01. The minimum absolute atomic E-state index is 0.0638. The predicted octanol–water partition coefficient (Wildman–Crippen LogP) is 2.92. The van der Waals surface area contributed by atoms with E-state index in [9.17, 15) is 9.59 Å². The second-order valence-corrected chi connectivity index (χ2v) is 5.51.